The number of benzene rings is 3. The van der Waals surface area contributed by atoms with Gasteiger partial charge in [-0.3, -0.25) is 4.31 Å². The molecule has 0 spiro atoms. The van der Waals surface area contributed by atoms with E-state index in [1.54, 1.807) is 48.5 Å². The molecule has 0 aliphatic carbocycles. The minimum Gasteiger partial charge on any atom is -0.262 e. The van der Waals surface area contributed by atoms with Crippen LogP contribution in [-0.2, 0) is 16.6 Å². The molecule has 0 saturated carbocycles. The molecule has 3 aromatic carbocycles. The highest BCUT2D eigenvalue weighted by atomic mass is 35.5. The Morgan fingerprint density at radius 1 is 0.889 bits per heavy atom. The number of nitrogens with zero attached hydrogens (tertiary/aromatic N) is 1. The molecule has 0 fully saturated rings. The van der Waals surface area contributed by atoms with E-state index < -0.39 is 10.0 Å². The first kappa shape index (κ1) is 19.7. The van der Waals surface area contributed by atoms with Gasteiger partial charge >= 0.3 is 0 Å². The second-order valence-electron chi connectivity index (χ2n) is 6.35. The van der Waals surface area contributed by atoms with Crippen molar-refractivity contribution in [1.29, 1.82) is 0 Å². The maximum absolute atomic E-state index is 13.4. The summed E-state index contributed by atoms with van der Waals surface area (Å²) in [5.74, 6) is 0. The fraction of sp³-hybridized carbons (Fsp3) is 0.143. The molecule has 3 nitrogen and oxygen atoms in total. The fourth-order valence-corrected chi connectivity index (χ4v) is 4.91. The molecule has 0 atom stereocenters. The first-order chi connectivity index (χ1) is 12.8. The summed E-state index contributed by atoms with van der Waals surface area (Å²) in [6, 6.07) is 19.2. The molecule has 27 heavy (non-hydrogen) atoms. The van der Waals surface area contributed by atoms with E-state index in [2.05, 4.69) is 0 Å². The van der Waals surface area contributed by atoms with Crippen LogP contribution in [-0.4, -0.2) is 8.42 Å². The van der Waals surface area contributed by atoms with Crippen LogP contribution in [0.25, 0.3) is 0 Å². The molecule has 0 amide bonds. The summed E-state index contributed by atoms with van der Waals surface area (Å²) in [6.07, 6.45) is 0. The first-order valence-electron chi connectivity index (χ1n) is 8.38. The Morgan fingerprint density at radius 2 is 1.59 bits per heavy atom. The van der Waals surface area contributed by atoms with Crippen molar-refractivity contribution in [3.63, 3.8) is 0 Å². The lowest BCUT2D eigenvalue weighted by Gasteiger charge is -2.27. The lowest BCUT2D eigenvalue weighted by Crippen LogP contribution is -2.31. The summed E-state index contributed by atoms with van der Waals surface area (Å²) >= 11 is 12.3. The van der Waals surface area contributed by atoms with Gasteiger partial charge in [-0.05, 0) is 55.3 Å². The Bertz CT molecular complexity index is 1070. The normalized spacial score (nSPS) is 11.4. The molecule has 140 valence electrons. The number of hydrogen-bond donors (Lipinski definition) is 0. The summed E-state index contributed by atoms with van der Waals surface area (Å²) in [7, 11) is -3.77. The van der Waals surface area contributed by atoms with Gasteiger partial charge in [0.05, 0.1) is 17.1 Å². The third kappa shape index (κ3) is 4.29. The molecule has 0 heterocycles. The summed E-state index contributed by atoms with van der Waals surface area (Å²) in [6.45, 7) is 3.99. The zero-order valence-electron chi connectivity index (χ0n) is 15.0. The highest BCUT2D eigenvalue weighted by molar-refractivity contribution is 7.92. The van der Waals surface area contributed by atoms with Crippen LogP contribution in [0.15, 0.2) is 71.6 Å². The van der Waals surface area contributed by atoms with Crippen LogP contribution in [0.3, 0.4) is 0 Å². The van der Waals surface area contributed by atoms with Gasteiger partial charge in [-0.1, -0.05) is 65.2 Å². The molecule has 0 radical (unpaired) electrons. The monoisotopic (exact) mass is 419 g/mol. The van der Waals surface area contributed by atoms with Gasteiger partial charge in [-0.15, -0.1) is 0 Å². The molecule has 0 aliphatic rings. The summed E-state index contributed by atoms with van der Waals surface area (Å²) in [5.41, 5.74) is 3.24. The van der Waals surface area contributed by atoms with Crippen molar-refractivity contribution < 1.29 is 8.42 Å². The van der Waals surface area contributed by atoms with E-state index in [1.165, 1.54) is 4.31 Å². The summed E-state index contributed by atoms with van der Waals surface area (Å²) < 4.78 is 28.2. The Labute approximate surface area is 170 Å². The zero-order valence-corrected chi connectivity index (χ0v) is 17.3. The molecular weight excluding hydrogens is 401 g/mol. The lowest BCUT2D eigenvalue weighted by molar-refractivity contribution is 0.590. The molecule has 0 saturated heterocycles. The largest absolute Gasteiger partial charge is 0.264 e. The average Bonchev–Trinajstić information content (AvgIpc) is 2.62. The van der Waals surface area contributed by atoms with Gasteiger partial charge in [0.1, 0.15) is 0 Å². The van der Waals surface area contributed by atoms with E-state index in [4.69, 9.17) is 23.2 Å². The van der Waals surface area contributed by atoms with Gasteiger partial charge in [0.2, 0.25) is 0 Å². The highest BCUT2D eigenvalue weighted by Crippen LogP contribution is 2.31. The van der Waals surface area contributed by atoms with Crippen molar-refractivity contribution in [2.75, 3.05) is 4.31 Å². The van der Waals surface area contributed by atoms with Gasteiger partial charge in [-0.2, -0.15) is 0 Å². The fourth-order valence-electron chi connectivity index (χ4n) is 2.91. The number of rotatable bonds is 5. The van der Waals surface area contributed by atoms with Gasteiger partial charge < -0.3 is 0 Å². The summed E-state index contributed by atoms with van der Waals surface area (Å²) in [5, 5.41) is 0.938. The van der Waals surface area contributed by atoms with Crippen molar-refractivity contribution in [2.45, 2.75) is 25.3 Å². The molecule has 6 heteroatoms. The predicted octanol–water partition coefficient (Wildman–Crippen LogP) is 6.01. The van der Waals surface area contributed by atoms with E-state index in [0.717, 1.165) is 11.1 Å². The maximum Gasteiger partial charge on any atom is 0.264 e. The number of anilines is 1. The quantitative estimate of drug-likeness (QED) is 0.507. The van der Waals surface area contributed by atoms with Crippen molar-refractivity contribution in [3.8, 4) is 0 Å². The van der Waals surface area contributed by atoms with Gasteiger partial charge in [0.15, 0.2) is 0 Å². The topological polar surface area (TPSA) is 37.4 Å². The number of hydrogen-bond acceptors (Lipinski definition) is 2. The third-order valence-electron chi connectivity index (χ3n) is 4.28. The SMILES string of the molecule is Cc1ccc(N(Cc2ccc(Cl)cc2Cl)S(=O)(=O)c2ccccc2)c(C)c1. The molecule has 0 unspecified atom stereocenters. The van der Waals surface area contributed by atoms with Crippen molar-refractivity contribution >= 4 is 38.9 Å². The van der Waals surface area contributed by atoms with Crippen molar-refractivity contribution in [1.82, 2.24) is 0 Å². The lowest BCUT2D eigenvalue weighted by atomic mass is 10.1. The van der Waals surface area contributed by atoms with Crippen LogP contribution in [0, 0.1) is 13.8 Å². The second-order valence-corrected chi connectivity index (χ2v) is 9.06. The Morgan fingerprint density at radius 3 is 2.22 bits per heavy atom. The van der Waals surface area contributed by atoms with Crippen LogP contribution in [0.2, 0.25) is 10.0 Å². The molecule has 0 N–H and O–H groups in total. The van der Waals surface area contributed by atoms with Crippen molar-refractivity contribution in [2.24, 2.45) is 0 Å². The number of aryl methyl sites for hydroxylation is 2. The molecule has 3 aromatic rings. The smallest absolute Gasteiger partial charge is 0.262 e. The van der Waals surface area contributed by atoms with Crippen LogP contribution < -0.4 is 4.31 Å². The molecule has 0 bridgehead atoms. The Hall–Kier alpha value is -2.01. The third-order valence-corrected chi connectivity index (χ3v) is 6.64. The van der Waals surface area contributed by atoms with Crippen molar-refractivity contribution in [3.05, 3.63) is 93.5 Å². The predicted molar refractivity (Wildman–Crippen MR) is 112 cm³/mol. The van der Waals surface area contributed by atoms with E-state index >= 15 is 0 Å². The van der Waals surface area contributed by atoms with E-state index in [-0.39, 0.29) is 11.4 Å². The number of halogens is 2. The average molecular weight is 420 g/mol. The molecule has 0 aliphatic heterocycles. The maximum atomic E-state index is 13.4. The summed E-state index contributed by atoms with van der Waals surface area (Å²) in [4.78, 5) is 0.232. The van der Waals surface area contributed by atoms with Crippen LogP contribution in [0.1, 0.15) is 16.7 Å². The molecular formula is C21H19Cl2NO2S. The van der Waals surface area contributed by atoms with Crippen LogP contribution in [0.5, 0.6) is 0 Å². The molecule has 3 rings (SSSR count). The standard InChI is InChI=1S/C21H19Cl2NO2S/c1-15-8-11-21(16(2)12-15)24(14-17-9-10-18(22)13-20(17)23)27(25,26)19-6-4-3-5-7-19/h3-13H,14H2,1-2H3. The van der Waals surface area contributed by atoms with Gasteiger partial charge in [0, 0.05) is 10.0 Å². The van der Waals surface area contributed by atoms with E-state index in [0.29, 0.717) is 21.3 Å². The highest BCUT2D eigenvalue weighted by Gasteiger charge is 2.27. The zero-order chi connectivity index (χ0) is 19.6. The molecule has 0 aromatic heterocycles. The second kappa shape index (κ2) is 7.93. The minimum absolute atomic E-state index is 0.108. The first-order valence-corrected chi connectivity index (χ1v) is 10.6. The van der Waals surface area contributed by atoms with E-state index in [1.807, 2.05) is 32.0 Å². The van der Waals surface area contributed by atoms with Crippen LogP contribution in [0.4, 0.5) is 5.69 Å². The van der Waals surface area contributed by atoms with E-state index in [9.17, 15) is 8.42 Å². The Balaban J connectivity index is 2.14. The minimum atomic E-state index is -3.77. The van der Waals surface area contributed by atoms with Crippen LogP contribution >= 0.6 is 23.2 Å². The van der Waals surface area contributed by atoms with Gasteiger partial charge in [0.25, 0.3) is 10.0 Å². The Kier molecular flexibility index (Phi) is 5.80. The van der Waals surface area contributed by atoms with Gasteiger partial charge in [-0.25, -0.2) is 8.42 Å². The number of sulfonamides is 1.